The number of aromatic nitrogens is 1. The molecule has 168 valence electrons. The van der Waals surface area contributed by atoms with Gasteiger partial charge >= 0.3 is 6.18 Å². The van der Waals surface area contributed by atoms with E-state index >= 15 is 0 Å². The van der Waals surface area contributed by atoms with Crippen LogP contribution in [-0.2, 0) is 16.0 Å². The minimum absolute atomic E-state index is 0.00107. The number of hydrogen-bond acceptors (Lipinski definition) is 5. The highest BCUT2D eigenvalue weighted by Crippen LogP contribution is 2.35. The van der Waals surface area contributed by atoms with E-state index in [4.69, 9.17) is 11.6 Å². The molecule has 1 N–H and O–H groups in total. The second-order valence-corrected chi connectivity index (χ2v) is 10.1. The van der Waals surface area contributed by atoms with E-state index in [-0.39, 0.29) is 33.2 Å². The van der Waals surface area contributed by atoms with Crippen molar-refractivity contribution in [3.63, 3.8) is 0 Å². The number of alkyl halides is 3. The van der Waals surface area contributed by atoms with Crippen LogP contribution in [0.2, 0.25) is 5.02 Å². The molecule has 1 unspecified atom stereocenters. The third kappa shape index (κ3) is 4.12. The van der Waals surface area contributed by atoms with Gasteiger partial charge in [-0.25, -0.2) is 13.0 Å². The van der Waals surface area contributed by atoms with Crippen molar-refractivity contribution in [1.82, 2.24) is 4.57 Å². The van der Waals surface area contributed by atoms with E-state index < -0.39 is 39.1 Å². The first-order chi connectivity index (χ1) is 15.0. The lowest BCUT2D eigenvalue weighted by molar-refractivity contribution is -0.137. The molecule has 0 radical (unpaired) electrons. The van der Waals surface area contributed by atoms with Gasteiger partial charge in [-0.1, -0.05) is 29.8 Å². The summed E-state index contributed by atoms with van der Waals surface area (Å²) in [4.78, 5) is 17.4. The monoisotopic (exact) mass is 484 g/mol. The van der Waals surface area contributed by atoms with Crippen LogP contribution in [0.15, 0.2) is 52.3 Å². The van der Waals surface area contributed by atoms with E-state index in [0.717, 1.165) is 12.1 Å². The van der Waals surface area contributed by atoms with Crippen molar-refractivity contribution in [2.75, 3.05) is 11.5 Å². The van der Waals surface area contributed by atoms with Crippen LogP contribution < -0.4 is 5.56 Å². The van der Waals surface area contributed by atoms with Crippen molar-refractivity contribution in [3.05, 3.63) is 69.0 Å². The Morgan fingerprint density at radius 2 is 1.84 bits per heavy atom. The molecule has 1 aromatic heterocycles. The molecule has 0 bridgehead atoms. The standard InChI is InChI=1S/C21H16ClF3N2O4S/c22-17-6-5-12(21(23,24)25)9-18(17)27-19(28)15-4-2-1-3-14(15)16(20(27)29)10-26-13-7-8-32(30,31)11-13/h1-6,9-10,13,29H,7-8,11H2. The molecule has 1 aliphatic heterocycles. The lowest BCUT2D eigenvalue weighted by Crippen LogP contribution is -2.21. The second kappa shape index (κ2) is 7.93. The molecule has 1 aliphatic rings. The van der Waals surface area contributed by atoms with Crippen LogP contribution in [-0.4, -0.2) is 41.9 Å². The Bertz CT molecular complexity index is 1420. The Morgan fingerprint density at radius 1 is 1.16 bits per heavy atom. The Balaban J connectivity index is 1.95. The molecule has 32 heavy (non-hydrogen) atoms. The first-order valence-electron chi connectivity index (χ1n) is 9.45. The number of sulfone groups is 1. The average molecular weight is 485 g/mol. The van der Waals surface area contributed by atoms with Gasteiger partial charge in [0.1, 0.15) is 0 Å². The zero-order chi connectivity index (χ0) is 23.3. The molecule has 1 fully saturated rings. The fourth-order valence-electron chi connectivity index (χ4n) is 3.65. The summed E-state index contributed by atoms with van der Waals surface area (Å²) in [6.07, 6.45) is -3.12. The molecule has 2 heterocycles. The molecule has 0 aliphatic carbocycles. The topological polar surface area (TPSA) is 88.7 Å². The maximum atomic E-state index is 13.2. The van der Waals surface area contributed by atoms with Crippen molar-refractivity contribution < 1.29 is 26.7 Å². The second-order valence-electron chi connectivity index (χ2n) is 7.42. The smallest absolute Gasteiger partial charge is 0.416 e. The molecule has 0 amide bonds. The average Bonchev–Trinajstić information content (AvgIpc) is 3.07. The SMILES string of the molecule is O=c1c2ccccc2c(C=NC2CCS(=O)(=O)C2)c(O)n1-c1cc(C(F)(F)F)ccc1Cl. The molecule has 1 saturated heterocycles. The summed E-state index contributed by atoms with van der Waals surface area (Å²) in [7, 11) is -3.19. The van der Waals surface area contributed by atoms with Gasteiger partial charge in [-0.3, -0.25) is 9.79 Å². The Kier molecular flexibility index (Phi) is 5.54. The number of aromatic hydroxyl groups is 1. The Morgan fingerprint density at radius 3 is 2.47 bits per heavy atom. The van der Waals surface area contributed by atoms with Gasteiger partial charge in [0.15, 0.2) is 9.84 Å². The summed E-state index contributed by atoms with van der Waals surface area (Å²) in [6, 6.07) is 8.16. The van der Waals surface area contributed by atoms with E-state index in [0.29, 0.717) is 22.4 Å². The zero-order valence-corrected chi connectivity index (χ0v) is 17.9. The van der Waals surface area contributed by atoms with Crippen LogP contribution in [0, 0.1) is 0 Å². The first-order valence-corrected chi connectivity index (χ1v) is 11.7. The highest BCUT2D eigenvalue weighted by atomic mass is 35.5. The number of halogens is 4. The number of hydrogen-bond donors (Lipinski definition) is 1. The van der Waals surface area contributed by atoms with Gasteiger partial charge in [0, 0.05) is 17.0 Å². The van der Waals surface area contributed by atoms with E-state index in [1.54, 1.807) is 18.2 Å². The van der Waals surface area contributed by atoms with Crippen molar-refractivity contribution >= 4 is 38.4 Å². The van der Waals surface area contributed by atoms with Crippen molar-refractivity contribution in [3.8, 4) is 11.6 Å². The summed E-state index contributed by atoms with van der Waals surface area (Å²) < 4.78 is 63.8. The van der Waals surface area contributed by atoms with E-state index in [9.17, 15) is 31.5 Å². The molecule has 11 heteroatoms. The van der Waals surface area contributed by atoms with Gasteiger partial charge in [0.25, 0.3) is 5.56 Å². The van der Waals surface area contributed by atoms with E-state index in [2.05, 4.69) is 4.99 Å². The summed E-state index contributed by atoms with van der Waals surface area (Å²) >= 11 is 6.10. The molecule has 0 spiro atoms. The predicted molar refractivity (Wildman–Crippen MR) is 116 cm³/mol. The number of nitrogens with zero attached hydrogens (tertiary/aromatic N) is 2. The van der Waals surface area contributed by atoms with Gasteiger partial charge in [0.05, 0.1) is 39.4 Å². The molecule has 0 saturated carbocycles. The third-order valence-electron chi connectivity index (χ3n) is 5.24. The molecule has 6 nitrogen and oxygen atoms in total. The quantitative estimate of drug-likeness (QED) is 0.570. The minimum Gasteiger partial charge on any atom is -0.494 e. The number of fused-ring (bicyclic) bond motifs is 1. The maximum Gasteiger partial charge on any atom is 0.416 e. The van der Waals surface area contributed by atoms with Gasteiger partial charge in [-0.2, -0.15) is 13.2 Å². The maximum absolute atomic E-state index is 13.2. The normalized spacial score (nSPS) is 18.6. The molecule has 3 aromatic rings. The summed E-state index contributed by atoms with van der Waals surface area (Å²) in [5.74, 6) is -0.790. The Labute approximate surface area is 185 Å². The molecule has 4 rings (SSSR count). The number of aliphatic imine (C=N–C) groups is 1. The highest BCUT2D eigenvalue weighted by molar-refractivity contribution is 7.91. The third-order valence-corrected chi connectivity index (χ3v) is 7.31. The van der Waals surface area contributed by atoms with Crippen LogP contribution in [0.3, 0.4) is 0 Å². The molecular formula is C21H16ClF3N2O4S. The van der Waals surface area contributed by atoms with E-state index in [1.165, 1.54) is 12.3 Å². The fraction of sp³-hybridized carbons (Fsp3) is 0.238. The van der Waals surface area contributed by atoms with Crippen LogP contribution in [0.4, 0.5) is 13.2 Å². The summed E-state index contributed by atoms with van der Waals surface area (Å²) in [5, 5.41) is 11.2. The fourth-order valence-corrected chi connectivity index (χ4v) is 5.48. The predicted octanol–water partition coefficient (Wildman–Crippen LogP) is 3.97. The van der Waals surface area contributed by atoms with Gasteiger partial charge in [-0.05, 0) is 30.7 Å². The summed E-state index contributed by atoms with van der Waals surface area (Å²) in [6.45, 7) is 0. The van der Waals surface area contributed by atoms with Crippen LogP contribution in [0.25, 0.3) is 16.5 Å². The van der Waals surface area contributed by atoms with Crippen molar-refractivity contribution in [2.45, 2.75) is 18.6 Å². The molecule has 2 aromatic carbocycles. The largest absolute Gasteiger partial charge is 0.494 e. The van der Waals surface area contributed by atoms with E-state index in [1.807, 2.05) is 0 Å². The number of pyridine rings is 1. The molecule has 1 atom stereocenters. The van der Waals surface area contributed by atoms with Crippen LogP contribution >= 0.6 is 11.6 Å². The zero-order valence-electron chi connectivity index (χ0n) is 16.3. The van der Waals surface area contributed by atoms with Gasteiger partial charge < -0.3 is 5.11 Å². The van der Waals surface area contributed by atoms with Crippen LogP contribution in [0.1, 0.15) is 17.5 Å². The molecular weight excluding hydrogens is 469 g/mol. The van der Waals surface area contributed by atoms with Gasteiger partial charge in [0.2, 0.25) is 5.88 Å². The Hall–Kier alpha value is -2.85. The lowest BCUT2D eigenvalue weighted by Gasteiger charge is -2.16. The highest BCUT2D eigenvalue weighted by Gasteiger charge is 2.32. The number of benzene rings is 2. The van der Waals surface area contributed by atoms with Crippen LogP contribution in [0.5, 0.6) is 5.88 Å². The number of rotatable bonds is 3. The lowest BCUT2D eigenvalue weighted by atomic mass is 10.1. The summed E-state index contributed by atoms with van der Waals surface area (Å²) in [5.41, 5.74) is -2.08. The minimum atomic E-state index is -4.69. The first kappa shape index (κ1) is 22.3. The van der Waals surface area contributed by atoms with Crippen molar-refractivity contribution in [1.29, 1.82) is 0 Å². The van der Waals surface area contributed by atoms with Crippen molar-refractivity contribution in [2.24, 2.45) is 4.99 Å². The van der Waals surface area contributed by atoms with Gasteiger partial charge in [-0.15, -0.1) is 0 Å².